The van der Waals surface area contributed by atoms with Gasteiger partial charge in [-0.2, -0.15) is 0 Å². The molecule has 4 aromatic carbocycles. The van der Waals surface area contributed by atoms with Gasteiger partial charge in [0.1, 0.15) is 77.4 Å². The lowest BCUT2D eigenvalue weighted by Gasteiger charge is -2.23. The number of terminal acetylenes is 1. The van der Waals surface area contributed by atoms with Crippen LogP contribution in [0.3, 0.4) is 0 Å². The van der Waals surface area contributed by atoms with Gasteiger partial charge in [-0.05, 0) is 210 Å². The lowest BCUT2D eigenvalue weighted by molar-refractivity contribution is -0.137. The summed E-state index contributed by atoms with van der Waals surface area (Å²) in [6, 6.07) is 37.7. The fraction of sp³-hybridized carbons (Fsp3) is 0.449. The van der Waals surface area contributed by atoms with E-state index < -0.39 is 59.3 Å². The van der Waals surface area contributed by atoms with E-state index in [4.69, 9.17) is 64.9 Å². The highest BCUT2D eigenvalue weighted by Gasteiger charge is 2.37. The second kappa shape index (κ2) is 56.2. The monoisotopic (exact) mass is 2200 g/mol. The van der Waals surface area contributed by atoms with Crippen molar-refractivity contribution < 1.29 is 105 Å². The summed E-state index contributed by atoms with van der Waals surface area (Å²) >= 11 is 4.98. The average Bonchev–Trinajstić information content (AvgIpc) is 1.62. The number of nitrogens with one attached hydrogen (secondary N) is 7. The fourth-order valence-electron chi connectivity index (χ4n) is 17.2. The van der Waals surface area contributed by atoms with Crippen molar-refractivity contribution in [1.29, 1.82) is 0.594 Å². The maximum absolute atomic E-state index is 12.7. The third-order valence-electron chi connectivity index (χ3n) is 23.1. The van der Waals surface area contributed by atoms with Crippen molar-refractivity contribution in [3.8, 4) is 24.2 Å². The molecular weight excluding hydrogens is 2070 g/mol. The Hall–Kier alpha value is -13.0. The van der Waals surface area contributed by atoms with Gasteiger partial charge in [-0.3, -0.25) is 59.6 Å². The predicted octanol–water partition coefficient (Wildman–Crippen LogP) is 13.6. The van der Waals surface area contributed by atoms with Crippen LogP contribution < -0.4 is 43.0 Å². The van der Waals surface area contributed by atoms with Crippen LogP contribution in [0, 0.1) is 24.2 Å². The molecule has 38 nitrogen and oxygen atoms in total. The maximum Gasteiger partial charge on any atom is 0.407 e. The van der Waals surface area contributed by atoms with E-state index in [2.05, 4.69) is 103 Å². The molecule has 4 saturated heterocycles. The minimum atomic E-state index is -0.535. The quantitative estimate of drug-likeness (QED) is 0.00589. The van der Waals surface area contributed by atoms with E-state index in [-0.39, 0.29) is 60.3 Å². The van der Waals surface area contributed by atoms with Gasteiger partial charge in [-0.15, -0.1) is 30.2 Å². The first-order valence-corrected chi connectivity index (χ1v) is 49.7. The Morgan fingerprint density at radius 2 is 0.701 bits per heavy atom. The zero-order valence-corrected chi connectivity index (χ0v) is 88.0. The summed E-state index contributed by atoms with van der Waals surface area (Å²) in [6.07, 6.45) is 17.0. The summed E-state index contributed by atoms with van der Waals surface area (Å²) in [5.41, 5.74) is 13.7. The van der Waals surface area contributed by atoms with Crippen LogP contribution in [0.1, 0.15) is 167 Å². The number of alkyl carbamates (subject to hydrolysis) is 3. The molecule has 8 aromatic heterocycles. The molecule has 4 fully saturated rings. The Kier molecular flexibility index (Phi) is 43.1. The topological polar surface area (TPSA) is 471 Å². The van der Waals surface area contributed by atoms with Gasteiger partial charge < -0.3 is 92.1 Å². The van der Waals surface area contributed by atoms with E-state index in [0.29, 0.717) is 176 Å². The highest BCUT2D eigenvalue weighted by molar-refractivity contribution is 14.0. The molecule has 0 saturated carbocycles. The van der Waals surface area contributed by atoms with E-state index in [1.807, 2.05) is 169 Å². The molecule has 0 aliphatic carbocycles. The van der Waals surface area contributed by atoms with Gasteiger partial charge in [-0.25, -0.2) is 34.3 Å². The maximum atomic E-state index is 12.7. The fourth-order valence-corrected chi connectivity index (χ4v) is 17.8. The van der Waals surface area contributed by atoms with Gasteiger partial charge in [0.25, 0.3) is 0 Å². The SMILES string of the molecule is C#CCOCCOCCNC(=O)OC(C)(C)C.CC(C)(C)OC(=O)NCCOCCOCC#Cc1cccc2c1c1cccnc1n2C1CCC(=O)NC1=O.CC(C)(C)OC(=O)NCCOCCOCCCc1cccc2c1c1cccnc1n2C1CCC(=O)NC1=O.NCCOCCOCCCc1cccc2c1c1cccnc1n2C1CCC(=O)NC1=O.O=C1CCC(n2c3cccc(Br)c3c3cccnc32)C(=O)N1.[3H]I. The molecular formula is C107H130BrIN16O22. The van der Waals surface area contributed by atoms with Crippen molar-refractivity contribution in [2.45, 2.75) is 180 Å². The van der Waals surface area contributed by atoms with Gasteiger partial charge >= 0.3 is 18.3 Å². The number of pyridine rings is 4. The van der Waals surface area contributed by atoms with Gasteiger partial charge in [0.05, 0.1) is 101 Å². The van der Waals surface area contributed by atoms with Crippen LogP contribution >= 0.6 is 39.7 Å². The lowest BCUT2D eigenvalue weighted by atomic mass is 10.0. The molecule has 40 heteroatoms. The van der Waals surface area contributed by atoms with Crippen LogP contribution in [-0.2, 0) is 103 Å². The van der Waals surface area contributed by atoms with Crippen LogP contribution in [0.5, 0.6) is 0 Å². The van der Waals surface area contributed by atoms with E-state index in [1.165, 1.54) is 34.9 Å². The van der Waals surface area contributed by atoms with Crippen molar-refractivity contribution in [1.82, 2.24) is 75.4 Å². The normalized spacial score (nSPS) is 15.9. The minimum Gasteiger partial charge on any atom is -0.444 e. The Balaban J connectivity index is 0.000000180. The number of aryl methyl sites for hydroxylation is 2. The summed E-state index contributed by atoms with van der Waals surface area (Å²) in [6.45, 7) is 25.1. The second-order valence-electron chi connectivity index (χ2n) is 37.4. The number of hydrogen-bond acceptors (Lipinski definition) is 27. The summed E-state index contributed by atoms with van der Waals surface area (Å²) in [4.78, 5) is 149. The summed E-state index contributed by atoms with van der Waals surface area (Å²) in [5, 5.41) is 25.7. The summed E-state index contributed by atoms with van der Waals surface area (Å²) < 4.78 is 73.3. The van der Waals surface area contributed by atoms with Crippen molar-refractivity contribution >= 4 is 193 Å². The first kappa shape index (κ1) is 113. The number of aromatic nitrogens is 8. The molecule has 147 heavy (non-hydrogen) atoms. The number of carbonyl (C=O) groups is 11. The molecule has 16 rings (SSSR count). The zero-order valence-electron chi connectivity index (χ0n) is 85.3. The number of amides is 11. The van der Waals surface area contributed by atoms with Crippen LogP contribution in [0.25, 0.3) is 87.7 Å². The van der Waals surface area contributed by atoms with Gasteiger partial charge in [0.2, 0.25) is 47.3 Å². The predicted molar refractivity (Wildman–Crippen MR) is 568 cm³/mol. The Bertz CT molecular complexity index is 6730. The first-order chi connectivity index (χ1) is 71.3. The van der Waals surface area contributed by atoms with Gasteiger partial charge in [0, 0.05) is 143 Å². The number of carbonyl (C=O) groups excluding carboxylic acids is 11. The number of nitrogens with two attached hydrogens (primary N) is 1. The molecule has 4 aliphatic rings. The third-order valence-corrected chi connectivity index (χ3v) is 23.8. The van der Waals surface area contributed by atoms with E-state index >= 15 is 0 Å². The van der Waals surface area contributed by atoms with Crippen LogP contribution in [-0.4, -0.2) is 253 Å². The number of benzene rings is 4. The number of fused-ring (bicyclic) bond motifs is 12. The van der Waals surface area contributed by atoms with E-state index in [0.717, 1.165) is 118 Å². The number of ether oxygens (including phenoxy) is 11. The largest absolute Gasteiger partial charge is 0.444 e. The molecule has 12 aromatic rings. The molecule has 4 unspecified atom stereocenters. The molecule has 12 heterocycles. The summed E-state index contributed by atoms with van der Waals surface area (Å²) in [7, 11) is 0. The lowest BCUT2D eigenvalue weighted by Crippen LogP contribution is -2.41. The van der Waals surface area contributed by atoms with Crippen molar-refractivity contribution in [2.75, 3.05) is 132 Å². The first-order valence-electron chi connectivity index (χ1n) is 49.3. The number of halogens is 2. The van der Waals surface area contributed by atoms with Crippen molar-refractivity contribution in [3.63, 3.8) is 0 Å². The van der Waals surface area contributed by atoms with Crippen LogP contribution in [0.4, 0.5) is 14.4 Å². The molecule has 4 atom stereocenters. The van der Waals surface area contributed by atoms with Crippen LogP contribution in [0.15, 0.2) is 151 Å². The van der Waals surface area contributed by atoms with Crippen molar-refractivity contribution in [2.24, 2.45) is 5.73 Å². The minimum absolute atomic E-state index is 0.212. The third kappa shape index (κ3) is 32.8. The smallest absolute Gasteiger partial charge is 0.407 e. The molecule has 0 spiro atoms. The average molecular weight is 2200 g/mol. The molecule has 9 N–H and O–H groups in total. The summed E-state index contributed by atoms with van der Waals surface area (Å²) in [5.74, 6) is 6.53. The van der Waals surface area contributed by atoms with Crippen molar-refractivity contribution in [3.05, 3.63) is 167 Å². The van der Waals surface area contributed by atoms with E-state index in [9.17, 15) is 52.7 Å². The number of imide groups is 4. The van der Waals surface area contributed by atoms with Gasteiger partial charge in [0.15, 0.2) is 0 Å². The van der Waals surface area contributed by atoms with Crippen LogP contribution in [0.2, 0.25) is 0 Å². The van der Waals surface area contributed by atoms with Gasteiger partial charge in [-0.1, -0.05) is 70.1 Å². The number of piperidine rings is 4. The Morgan fingerprint density at radius 3 is 1.04 bits per heavy atom. The highest BCUT2D eigenvalue weighted by Crippen LogP contribution is 2.41. The highest BCUT2D eigenvalue weighted by atomic mass is 127. The number of nitrogens with zero attached hydrogens (tertiary/aromatic N) is 8. The second-order valence-corrected chi connectivity index (χ2v) is 38.2. The Morgan fingerprint density at radius 1 is 0.401 bits per heavy atom. The number of hydrogen-bond donors (Lipinski definition) is 8. The van der Waals surface area contributed by atoms with E-state index in [1.54, 1.807) is 45.6 Å². The molecule has 4 aliphatic heterocycles. The molecule has 0 radical (unpaired) electrons. The molecule has 0 bridgehead atoms. The standard InChI is InChI=1S/C28H36N4O6.C28H32N4O6.C23H28N4O4.C16H12BrN3O2.C12H21NO4.HI/c2*1-28(2,3)38-27(35)30-14-16-37-18-17-36-15-6-8-19-7-4-10-21-24(19)20-9-5-13-29-25(20)32(21)22-11-12-23(33)31-26(22)34;24-10-13-31-15-14-30-12-3-5-16-4-1-7-18-21(16)17-6-2-11-25-22(17)27(18)19-8-9-20(28)26-23(19)29;17-10-4-1-5-11-14(10)9-3-2-8-18-15(9)20(11)12-6-7-13(21)19-16(12)22;1-5-7-15-9-10-16-8-6-13-11(14)17-12(2,3)4;/h4-5,7,9-10,13,22H,6,8,11-12,14-18H2,1-3H3,(H,30,35)(H,31,33,34);4-5,7,9-10,13,22H,11-12,14-18H2,1-3H3,(H,30,35)(H,31,33,34);1-2,4,6-7,11,19H,3,5,8-10,12-15,24H2,(H,26,28,29);1-5,8,12H,6-7H2,(H,19,21,22);1H,6-10H2,2-4H3,(H,13,14);1H/i/hT. The Labute approximate surface area is 877 Å². The zero-order chi connectivity index (χ0) is 106. The molecule has 784 valence electrons. The molecule has 11 amide bonds. The number of rotatable bonds is 37.